The van der Waals surface area contributed by atoms with E-state index >= 15 is 0 Å². The molecule has 1 aliphatic rings. The quantitative estimate of drug-likeness (QED) is 0.593. The SMILES string of the molecule is CC1(O)CCN(C(=O)CC#N)C1. The Bertz CT molecular complexity index is 230. The summed E-state index contributed by atoms with van der Waals surface area (Å²) in [5.74, 6) is -0.185. The number of β-amino-alcohol motifs (C(OH)–C–C–N with tert-alkyl or cyclic N) is 1. The van der Waals surface area contributed by atoms with Gasteiger partial charge < -0.3 is 10.0 Å². The number of carbonyl (C=O) groups is 1. The highest BCUT2D eigenvalue weighted by molar-refractivity contribution is 5.78. The number of amides is 1. The van der Waals surface area contributed by atoms with Crippen LogP contribution in [0.4, 0.5) is 0 Å². The minimum atomic E-state index is -0.759. The van der Waals surface area contributed by atoms with Gasteiger partial charge in [0.1, 0.15) is 6.42 Å². The summed E-state index contributed by atoms with van der Waals surface area (Å²) in [5.41, 5.74) is -0.759. The molecule has 0 radical (unpaired) electrons. The second-order valence-corrected chi connectivity index (χ2v) is 3.40. The first kappa shape index (κ1) is 9.01. The molecule has 1 atom stereocenters. The monoisotopic (exact) mass is 168 g/mol. The number of rotatable bonds is 1. The van der Waals surface area contributed by atoms with Gasteiger partial charge in [0.15, 0.2) is 0 Å². The maximum atomic E-state index is 11.1. The second-order valence-electron chi connectivity index (χ2n) is 3.40. The number of nitrogens with zero attached hydrogens (tertiary/aromatic N) is 2. The van der Waals surface area contributed by atoms with Crippen molar-refractivity contribution in [3.63, 3.8) is 0 Å². The van der Waals surface area contributed by atoms with Gasteiger partial charge in [-0.1, -0.05) is 0 Å². The third-order valence-corrected chi connectivity index (χ3v) is 2.03. The molecule has 0 spiro atoms. The Hall–Kier alpha value is -1.08. The molecule has 4 heteroatoms. The van der Waals surface area contributed by atoms with Gasteiger partial charge in [-0.3, -0.25) is 4.79 Å². The molecule has 12 heavy (non-hydrogen) atoms. The van der Waals surface area contributed by atoms with Crippen LogP contribution in [0, 0.1) is 11.3 Å². The van der Waals surface area contributed by atoms with E-state index in [1.807, 2.05) is 0 Å². The lowest BCUT2D eigenvalue weighted by molar-refractivity contribution is -0.129. The molecule has 1 aliphatic heterocycles. The van der Waals surface area contributed by atoms with E-state index in [-0.39, 0.29) is 12.3 Å². The molecule has 1 heterocycles. The minimum Gasteiger partial charge on any atom is -0.388 e. The van der Waals surface area contributed by atoms with Crippen molar-refractivity contribution in [1.82, 2.24) is 4.90 Å². The normalized spacial score (nSPS) is 28.6. The van der Waals surface area contributed by atoms with Crippen LogP contribution in [0.5, 0.6) is 0 Å². The Morgan fingerprint density at radius 2 is 2.50 bits per heavy atom. The molecule has 0 aromatic carbocycles. The van der Waals surface area contributed by atoms with Gasteiger partial charge in [-0.05, 0) is 13.3 Å². The highest BCUT2D eigenvalue weighted by Crippen LogP contribution is 2.20. The van der Waals surface area contributed by atoms with Crippen LogP contribution >= 0.6 is 0 Å². The Morgan fingerprint density at radius 1 is 1.83 bits per heavy atom. The van der Waals surface area contributed by atoms with Crippen molar-refractivity contribution in [2.75, 3.05) is 13.1 Å². The number of aliphatic hydroxyl groups is 1. The molecule has 4 nitrogen and oxygen atoms in total. The summed E-state index contributed by atoms with van der Waals surface area (Å²) in [4.78, 5) is 12.7. The molecule has 1 fully saturated rings. The van der Waals surface area contributed by atoms with Gasteiger partial charge in [-0.15, -0.1) is 0 Å². The van der Waals surface area contributed by atoms with Crippen molar-refractivity contribution in [2.24, 2.45) is 0 Å². The molecule has 1 unspecified atom stereocenters. The van der Waals surface area contributed by atoms with Crippen LogP contribution < -0.4 is 0 Å². The second kappa shape index (κ2) is 3.11. The van der Waals surface area contributed by atoms with E-state index in [1.165, 1.54) is 4.90 Å². The fraction of sp³-hybridized carbons (Fsp3) is 0.750. The van der Waals surface area contributed by atoms with E-state index in [0.717, 1.165) is 0 Å². The average Bonchev–Trinajstić information content (AvgIpc) is 2.31. The van der Waals surface area contributed by atoms with E-state index < -0.39 is 5.60 Å². The number of hydrogen-bond acceptors (Lipinski definition) is 3. The Kier molecular flexibility index (Phi) is 2.34. The summed E-state index contributed by atoms with van der Waals surface area (Å²) < 4.78 is 0. The standard InChI is InChI=1S/C8H12N2O2/c1-8(12)3-5-10(6-8)7(11)2-4-9/h12H,2-3,5-6H2,1H3. The lowest BCUT2D eigenvalue weighted by Crippen LogP contribution is -2.33. The zero-order valence-corrected chi connectivity index (χ0v) is 7.08. The third-order valence-electron chi connectivity index (χ3n) is 2.03. The van der Waals surface area contributed by atoms with E-state index in [0.29, 0.717) is 19.5 Å². The molecular weight excluding hydrogens is 156 g/mol. The van der Waals surface area contributed by atoms with Gasteiger partial charge >= 0.3 is 0 Å². The highest BCUT2D eigenvalue weighted by Gasteiger charge is 2.33. The van der Waals surface area contributed by atoms with Crippen LogP contribution in [0.15, 0.2) is 0 Å². The molecule has 0 saturated carbocycles. The van der Waals surface area contributed by atoms with Gasteiger partial charge in [0, 0.05) is 13.1 Å². The van der Waals surface area contributed by atoms with Crippen molar-refractivity contribution in [2.45, 2.75) is 25.4 Å². The predicted molar refractivity (Wildman–Crippen MR) is 42.1 cm³/mol. The predicted octanol–water partition coefficient (Wildman–Crippen LogP) is -0.117. The molecule has 0 bridgehead atoms. The topological polar surface area (TPSA) is 64.3 Å². The van der Waals surface area contributed by atoms with Crippen molar-refractivity contribution < 1.29 is 9.90 Å². The Morgan fingerprint density at radius 3 is 2.92 bits per heavy atom. The summed E-state index contributed by atoms with van der Waals surface area (Å²) >= 11 is 0. The number of hydrogen-bond donors (Lipinski definition) is 1. The smallest absolute Gasteiger partial charge is 0.236 e. The van der Waals surface area contributed by atoms with E-state index in [9.17, 15) is 9.90 Å². The van der Waals surface area contributed by atoms with Gasteiger partial charge in [0.05, 0.1) is 11.7 Å². The molecule has 0 aromatic heterocycles. The minimum absolute atomic E-state index is 0.0872. The zero-order chi connectivity index (χ0) is 9.19. The van der Waals surface area contributed by atoms with Gasteiger partial charge in [0.25, 0.3) is 0 Å². The largest absolute Gasteiger partial charge is 0.388 e. The van der Waals surface area contributed by atoms with Gasteiger partial charge in [-0.2, -0.15) is 5.26 Å². The van der Waals surface area contributed by atoms with E-state index in [2.05, 4.69) is 0 Å². The molecule has 1 rings (SSSR count). The number of nitriles is 1. The first-order chi connectivity index (χ1) is 5.55. The van der Waals surface area contributed by atoms with E-state index in [1.54, 1.807) is 13.0 Å². The van der Waals surface area contributed by atoms with Crippen molar-refractivity contribution in [3.05, 3.63) is 0 Å². The average molecular weight is 168 g/mol. The van der Waals surface area contributed by atoms with Gasteiger partial charge in [-0.25, -0.2) is 0 Å². The van der Waals surface area contributed by atoms with Crippen LogP contribution in [-0.4, -0.2) is 34.6 Å². The van der Waals surface area contributed by atoms with Crippen molar-refractivity contribution in [1.29, 1.82) is 5.26 Å². The number of likely N-dealkylation sites (tertiary alicyclic amines) is 1. The van der Waals surface area contributed by atoms with Crippen LogP contribution in [0.3, 0.4) is 0 Å². The number of carbonyl (C=O) groups excluding carboxylic acids is 1. The van der Waals surface area contributed by atoms with Gasteiger partial charge in [0.2, 0.25) is 5.91 Å². The highest BCUT2D eigenvalue weighted by atomic mass is 16.3. The molecule has 0 aromatic rings. The fourth-order valence-electron chi connectivity index (χ4n) is 1.34. The first-order valence-electron chi connectivity index (χ1n) is 3.92. The summed E-state index contributed by atoms with van der Waals surface area (Å²) in [6.07, 6.45) is 0.514. The first-order valence-corrected chi connectivity index (χ1v) is 3.92. The van der Waals surface area contributed by atoms with Crippen LogP contribution in [0.2, 0.25) is 0 Å². The summed E-state index contributed by atoms with van der Waals surface area (Å²) in [6, 6.07) is 1.80. The van der Waals surface area contributed by atoms with Crippen LogP contribution in [0.1, 0.15) is 19.8 Å². The molecule has 1 saturated heterocycles. The molecular formula is C8H12N2O2. The summed E-state index contributed by atoms with van der Waals surface area (Å²) in [6.45, 7) is 2.62. The summed E-state index contributed by atoms with van der Waals surface area (Å²) in [5, 5.41) is 17.8. The van der Waals surface area contributed by atoms with Crippen LogP contribution in [-0.2, 0) is 4.79 Å². The third kappa shape index (κ3) is 1.95. The zero-order valence-electron chi connectivity index (χ0n) is 7.08. The maximum Gasteiger partial charge on any atom is 0.236 e. The summed E-state index contributed by atoms with van der Waals surface area (Å²) in [7, 11) is 0. The lowest BCUT2D eigenvalue weighted by Gasteiger charge is -2.17. The molecule has 1 amide bonds. The Labute approximate surface area is 71.4 Å². The molecule has 66 valence electrons. The molecule has 0 aliphatic carbocycles. The maximum absolute atomic E-state index is 11.1. The fourth-order valence-corrected chi connectivity index (χ4v) is 1.34. The Balaban J connectivity index is 2.48. The van der Waals surface area contributed by atoms with Crippen LogP contribution in [0.25, 0.3) is 0 Å². The lowest BCUT2D eigenvalue weighted by atomic mass is 10.1. The van der Waals surface area contributed by atoms with E-state index in [4.69, 9.17) is 5.26 Å². The van der Waals surface area contributed by atoms with Crippen molar-refractivity contribution in [3.8, 4) is 6.07 Å². The molecule has 1 N–H and O–H groups in total. The van der Waals surface area contributed by atoms with Crippen molar-refractivity contribution >= 4 is 5.91 Å².